The molecule has 0 saturated heterocycles. The van der Waals surface area contributed by atoms with E-state index in [1.807, 2.05) is 0 Å². The van der Waals surface area contributed by atoms with Crippen LogP contribution in [0.3, 0.4) is 0 Å². The summed E-state index contributed by atoms with van der Waals surface area (Å²) in [7, 11) is -0.0278. The average Bonchev–Trinajstić information content (AvgIpc) is 3.17. The molecular weight excluding hydrogens is 454 g/mol. The Morgan fingerprint density at radius 1 is 1.12 bits per heavy atom. The van der Waals surface area contributed by atoms with Crippen LogP contribution in [0.15, 0.2) is 59.7 Å². The first-order valence-electron chi connectivity index (χ1n) is 10.6. The molecule has 174 valence electrons. The smallest absolute Gasteiger partial charge is 0.274 e. The first-order valence-corrected chi connectivity index (χ1v) is 12.7. The third-order valence-electron chi connectivity index (χ3n) is 6.07. The molecule has 0 aliphatic carbocycles. The Morgan fingerprint density at radius 3 is 2.53 bits per heavy atom. The molecule has 0 atom stereocenters. The number of hydrogen-bond donors (Lipinski definition) is 1. The zero-order valence-electron chi connectivity index (χ0n) is 19.0. The zero-order chi connectivity index (χ0) is 24.2. The lowest BCUT2D eigenvalue weighted by atomic mass is 9.99. The highest BCUT2D eigenvalue weighted by atomic mass is 32.2. The summed E-state index contributed by atoms with van der Waals surface area (Å²) in [4.78, 5) is 31.2. The Labute approximate surface area is 196 Å². The van der Waals surface area contributed by atoms with Crippen LogP contribution in [0.1, 0.15) is 21.5 Å². The third kappa shape index (κ3) is 3.67. The van der Waals surface area contributed by atoms with Gasteiger partial charge in [-0.25, -0.2) is 8.42 Å². The van der Waals surface area contributed by atoms with Gasteiger partial charge in [-0.2, -0.15) is 0 Å². The number of methoxy groups -OCH3 is 1. The predicted molar refractivity (Wildman–Crippen MR) is 131 cm³/mol. The molecule has 1 amide bonds. The van der Waals surface area contributed by atoms with Crippen LogP contribution in [0.4, 0.5) is 5.69 Å². The summed E-state index contributed by atoms with van der Waals surface area (Å²) in [5.41, 5.74) is 4.30. The minimum Gasteiger partial charge on any atom is -0.497 e. The minimum atomic E-state index is -3.26. The molecule has 0 bridgehead atoms. The monoisotopic (exact) mass is 477 g/mol. The summed E-state index contributed by atoms with van der Waals surface area (Å²) >= 11 is 0. The van der Waals surface area contributed by atoms with Crippen molar-refractivity contribution in [2.45, 2.75) is 12.3 Å². The number of anilines is 1. The molecule has 34 heavy (non-hydrogen) atoms. The summed E-state index contributed by atoms with van der Waals surface area (Å²) in [6.07, 6.45) is 4.69. The zero-order valence-corrected chi connectivity index (χ0v) is 19.8. The van der Waals surface area contributed by atoms with Crippen LogP contribution < -0.4 is 15.2 Å². The van der Waals surface area contributed by atoms with Gasteiger partial charge in [0.05, 0.1) is 25.1 Å². The van der Waals surface area contributed by atoms with Gasteiger partial charge in [0.2, 0.25) is 0 Å². The lowest BCUT2D eigenvalue weighted by Gasteiger charge is -2.24. The highest BCUT2D eigenvalue weighted by Gasteiger charge is 2.29. The first kappa shape index (κ1) is 22.0. The molecule has 0 unspecified atom stereocenters. The number of hydrogen-bond acceptors (Lipinski definition) is 5. The lowest BCUT2D eigenvalue weighted by Crippen LogP contribution is -2.30. The second-order valence-corrected chi connectivity index (χ2v) is 10.7. The predicted octanol–water partition coefficient (Wildman–Crippen LogP) is 3.25. The van der Waals surface area contributed by atoms with E-state index in [1.165, 1.54) is 10.8 Å². The molecule has 0 fully saturated rings. The van der Waals surface area contributed by atoms with E-state index in [1.54, 1.807) is 73.9 Å². The fourth-order valence-corrected chi connectivity index (χ4v) is 5.30. The molecular formula is C25H23N3O5S. The van der Waals surface area contributed by atoms with Crippen molar-refractivity contribution in [3.8, 4) is 16.9 Å². The Kier molecular flexibility index (Phi) is 5.09. The van der Waals surface area contributed by atoms with Gasteiger partial charge in [-0.05, 0) is 47.5 Å². The van der Waals surface area contributed by atoms with Gasteiger partial charge in [0.1, 0.15) is 11.3 Å². The van der Waals surface area contributed by atoms with Gasteiger partial charge in [-0.3, -0.25) is 9.59 Å². The summed E-state index contributed by atoms with van der Waals surface area (Å²) in [5.74, 6) is 0.309. The Balaban J connectivity index is 1.75. The van der Waals surface area contributed by atoms with Crippen LogP contribution in [-0.4, -0.2) is 37.2 Å². The molecule has 2 aromatic heterocycles. The molecule has 0 saturated carbocycles. The van der Waals surface area contributed by atoms with Crippen molar-refractivity contribution in [1.82, 2.24) is 9.55 Å². The maximum absolute atomic E-state index is 13.7. The number of amides is 1. The highest BCUT2D eigenvalue weighted by molar-refractivity contribution is 7.89. The first-order chi connectivity index (χ1) is 16.2. The van der Waals surface area contributed by atoms with E-state index in [0.29, 0.717) is 33.6 Å². The molecule has 9 heteroatoms. The van der Waals surface area contributed by atoms with Crippen molar-refractivity contribution in [3.63, 3.8) is 0 Å². The van der Waals surface area contributed by atoms with E-state index >= 15 is 0 Å². The largest absolute Gasteiger partial charge is 0.497 e. The number of sulfone groups is 1. The number of pyridine rings is 1. The maximum Gasteiger partial charge on any atom is 0.274 e. The molecule has 5 rings (SSSR count). The van der Waals surface area contributed by atoms with Crippen molar-refractivity contribution in [2.75, 3.05) is 18.3 Å². The topological polar surface area (TPSA) is 101 Å². The summed E-state index contributed by atoms with van der Waals surface area (Å²) in [6.45, 7) is 0.253. The van der Waals surface area contributed by atoms with E-state index in [-0.39, 0.29) is 23.8 Å². The molecule has 4 aromatic rings. The van der Waals surface area contributed by atoms with E-state index in [9.17, 15) is 18.0 Å². The molecule has 0 spiro atoms. The number of aromatic amines is 1. The molecule has 1 aliphatic rings. The van der Waals surface area contributed by atoms with Crippen LogP contribution >= 0.6 is 0 Å². The number of rotatable bonds is 4. The number of aryl methyl sites for hydroxylation is 1. The number of carbonyl (C=O) groups is 1. The SMILES string of the molecule is COc1ccc(C(=O)N2Cc3c[nH]c4c(=O)n(C)cc(c34)-c3cc(CS(C)(=O)=O)ccc32)cc1. The van der Waals surface area contributed by atoms with Crippen molar-refractivity contribution in [3.05, 3.63) is 81.9 Å². The number of H-pyrrole nitrogens is 1. The fraction of sp³-hybridized carbons (Fsp3) is 0.200. The second-order valence-electron chi connectivity index (χ2n) is 8.56. The number of nitrogens with zero attached hydrogens (tertiary/aromatic N) is 2. The Hall–Kier alpha value is -3.85. The third-order valence-corrected chi connectivity index (χ3v) is 6.93. The van der Waals surface area contributed by atoms with E-state index < -0.39 is 9.84 Å². The van der Waals surface area contributed by atoms with Gasteiger partial charge in [0.15, 0.2) is 9.84 Å². The van der Waals surface area contributed by atoms with Crippen molar-refractivity contribution in [2.24, 2.45) is 7.05 Å². The molecule has 2 aromatic carbocycles. The number of nitrogens with one attached hydrogen (secondary N) is 1. The number of carbonyl (C=O) groups excluding carboxylic acids is 1. The number of benzene rings is 2. The van der Waals surface area contributed by atoms with Gasteiger partial charge in [0, 0.05) is 47.8 Å². The fourth-order valence-electron chi connectivity index (χ4n) is 4.52. The summed E-state index contributed by atoms with van der Waals surface area (Å²) in [6, 6.07) is 12.2. The van der Waals surface area contributed by atoms with Gasteiger partial charge in [0.25, 0.3) is 11.5 Å². The van der Waals surface area contributed by atoms with Crippen LogP contribution in [0.2, 0.25) is 0 Å². The van der Waals surface area contributed by atoms with Crippen LogP contribution in [0.25, 0.3) is 22.0 Å². The molecule has 8 nitrogen and oxygen atoms in total. The van der Waals surface area contributed by atoms with Gasteiger partial charge < -0.3 is 19.2 Å². The Bertz CT molecular complexity index is 1620. The molecule has 3 heterocycles. The second kappa shape index (κ2) is 7.88. The number of fused-ring (bicyclic) bond motifs is 2. The number of aromatic nitrogens is 2. The van der Waals surface area contributed by atoms with Crippen molar-refractivity contribution >= 4 is 32.3 Å². The van der Waals surface area contributed by atoms with E-state index in [0.717, 1.165) is 16.5 Å². The molecule has 1 aliphatic heterocycles. The maximum atomic E-state index is 13.7. The van der Waals surface area contributed by atoms with Crippen LogP contribution in [0.5, 0.6) is 5.75 Å². The normalized spacial score (nSPS) is 13.0. The summed E-state index contributed by atoms with van der Waals surface area (Å²) in [5, 5.41) is 0.742. The van der Waals surface area contributed by atoms with Gasteiger partial charge in [-0.1, -0.05) is 6.07 Å². The average molecular weight is 478 g/mol. The summed E-state index contributed by atoms with van der Waals surface area (Å²) < 4.78 is 30.6. The quantitative estimate of drug-likeness (QED) is 0.486. The van der Waals surface area contributed by atoms with Crippen molar-refractivity contribution < 1.29 is 17.9 Å². The van der Waals surface area contributed by atoms with Crippen LogP contribution in [0, 0.1) is 0 Å². The molecule has 1 N–H and O–H groups in total. The standard InChI is InChI=1S/C25H23N3O5S/c1-27-13-20-19-10-15(14-34(3,31)32)4-9-21(19)28(12-17-11-26-23(22(17)20)25(27)30)24(29)16-5-7-18(33-2)8-6-16/h4-11,13,26H,12,14H2,1-3H3. The van der Waals surface area contributed by atoms with E-state index in [4.69, 9.17) is 4.74 Å². The lowest BCUT2D eigenvalue weighted by molar-refractivity contribution is 0.0985. The molecule has 0 radical (unpaired) electrons. The Morgan fingerprint density at radius 2 is 1.85 bits per heavy atom. The minimum absolute atomic E-state index is 0.123. The van der Waals surface area contributed by atoms with Gasteiger partial charge in [-0.15, -0.1) is 0 Å². The van der Waals surface area contributed by atoms with Crippen LogP contribution in [-0.2, 0) is 29.2 Å². The number of ether oxygens (including phenoxy) is 1. The van der Waals surface area contributed by atoms with Gasteiger partial charge >= 0.3 is 0 Å². The van der Waals surface area contributed by atoms with Crippen molar-refractivity contribution in [1.29, 1.82) is 0 Å². The highest BCUT2D eigenvalue weighted by Crippen LogP contribution is 2.41. The van der Waals surface area contributed by atoms with E-state index in [2.05, 4.69) is 4.98 Å².